The second-order valence-electron chi connectivity index (χ2n) is 5.15. The highest BCUT2D eigenvalue weighted by molar-refractivity contribution is 7.10. The Labute approximate surface area is 115 Å². The van der Waals surface area contributed by atoms with E-state index in [1.54, 1.807) is 0 Å². The lowest BCUT2D eigenvalue weighted by Gasteiger charge is -2.32. The average Bonchev–Trinajstić information content (AvgIpc) is 2.79. The lowest BCUT2D eigenvalue weighted by atomic mass is 9.74. The van der Waals surface area contributed by atoms with Crippen LogP contribution in [-0.4, -0.2) is 0 Å². The zero-order valence-corrected chi connectivity index (χ0v) is 12.6. The first-order chi connectivity index (χ1) is 8.62. The number of benzene rings is 1. The van der Waals surface area contributed by atoms with Crippen molar-refractivity contribution in [3.63, 3.8) is 0 Å². The van der Waals surface area contributed by atoms with Crippen LogP contribution in [0.2, 0.25) is 0 Å². The molecule has 0 aliphatic rings. The molecule has 0 saturated carbocycles. The van der Waals surface area contributed by atoms with Crippen molar-refractivity contribution in [3.8, 4) is 0 Å². The van der Waals surface area contributed by atoms with Gasteiger partial charge in [-0.15, -0.1) is 11.3 Å². The zero-order chi connectivity index (χ0) is 13.2. The molecule has 0 spiro atoms. The molecular weight excluding hydrogens is 236 g/mol. The fraction of sp³-hybridized carbons (Fsp3) is 0.412. The molecule has 18 heavy (non-hydrogen) atoms. The third kappa shape index (κ3) is 2.24. The van der Waals surface area contributed by atoms with Crippen molar-refractivity contribution < 1.29 is 0 Å². The molecule has 0 bridgehead atoms. The van der Waals surface area contributed by atoms with E-state index in [4.69, 9.17) is 0 Å². The Kier molecular flexibility index (Phi) is 3.91. The highest BCUT2D eigenvalue weighted by Crippen LogP contribution is 2.41. The highest BCUT2D eigenvalue weighted by atomic mass is 32.1. The van der Waals surface area contributed by atoms with Gasteiger partial charge in [-0.3, -0.25) is 0 Å². The molecular formula is C17H22S. The maximum absolute atomic E-state index is 2.36. The molecule has 1 heteroatoms. The lowest BCUT2D eigenvalue weighted by molar-refractivity contribution is 0.487. The second kappa shape index (κ2) is 5.27. The maximum atomic E-state index is 2.36. The Bertz CT molecular complexity index is 518. The van der Waals surface area contributed by atoms with Crippen LogP contribution in [0, 0.1) is 13.8 Å². The summed E-state index contributed by atoms with van der Waals surface area (Å²) in [6.07, 6.45) is 2.32. The first-order valence-electron chi connectivity index (χ1n) is 6.75. The average molecular weight is 258 g/mol. The number of rotatable bonds is 4. The number of hydrogen-bond donors (Lipinski definition) is 0. The van der Waals surface area contributed by atoms with Gasteiger partial charge in [0.15, 0.2) is 0 Å². The van der Waals surface area contributed by atoms with Crippen molar-refractivity contribution in [2.75, 3.05) is 0 Å². The predicted octanol–water partition coefficient (Wildman–Crippen LogP) is 5.47. The van der Waals surface area contributed by atoms with E-state index in [1.807, 2.05) is 11.3 Å². The van der Waals surface area contributed by atoms with E-state index in [1.165, 1.54) is 21.6 Å². The van der Waals surface area contributed by atoms with E-state index >= 15 is 0 Å². The Balaban J connectivity index is 2.57. The maximum Gasteiger partial charge on any atom is 0.0291 e. The molecule has 0 saturated heterocycles. The van der Waals surface area contributed by atoms with Gasteiger partial charge in [-0.05, 0) is 49.3 Å². The van der Waals surface area contributed by atoms with Gasteiger partial charge in [-0.1, -0.05) is 43.7 Å². The van der Waals surface area contributed by atoms with Crippen LogP contribution in [0.15, 0.2) is 35.7 Å². The first-order valence-corrected chi connectivity index (χ1v) is 7.63. The van der Waals surface area contributed by atoms with Crippen LogP contribution in [0.5, 0.6) is 0 Å². The van der Waals surface area contributed by atoms with Gasteiger partial charge in [0.25, 0.3) is 0 Å². The lowest BCUT2D eigenvalue weighted by Crippen LogP contribution is -2.24. The number of thiophene rings is 1. The van der Waals surface area contributed by atoms with E-state index in [0.717, 1.165) is 12.8 Å². The van der Waals surface area contributed by atoms with Crippen LogP contribution >= 0.6 is 11.3 Å². The third-order valence-corrected chi connectivity index (χ3v) is 5.23. The molecule has 1 aromatic heterocycles. The molecule has 0 amide bonds. The summed E-state index contributed by atoms with van der Waals surface area (Å²) in [4.78, 5) is 1.51. The molecule has 0 fully saturated rings. The standard InChI is InChI=1S/C17H22S/c1-5-17(6-2,16-11-14(4)12-18-16)15-9-7-8-13(3)10-15/h7-12H,5-6H2,1-4H3. The smallest absolute Gasteiger partial charge is 0.0291 e. The van der Waals surface area contributed by atoms with Gasteiger partial charge in [0, 0.05) is 10.3 Å². The van der Waals surface area contributed by atoms with E-state index in [-0.39, 0.29) is 5.41 Å². The van der Waals surface area contributed by atoms with E-state index in [9.17, 15) is 0 Å². The van der Waals surface area contributed by atoms with Crippen molar-refractivity contribution in [1.29, 1.82) is 0 Å². The van der Waals surface area contributed by atoms with E-state index in [0.29, 0.717) is 0 Å². The van der Waals surface area contributed by atoms with Crippen LogP contribution in [0.4, 0.5) is 0 Å². The summed E-state index contributed by atoms with van der Waals surface area (Å²) in [6, 6.07) is 11.4. The fourth-order valence-corrected chi connectivity index (χ4v) is 4.04. The minimum atomic E-state index is 0.199. The van der Waals surface area contributed by atoms with Gasteiger partial charge in [0.2, 0.25) is 0 Å². The summed E-state index contributed by atoms with van der Waals surface area (Å²) in [6.45, 7) is 8.98. The molecule has 2 rings (SSSR count). The van der Waals surface area contributed by atoms with Crippen LogP contribution in [0.3, 0.4) is 0 Å². The molecule has 0 N–H and O–H groups in total. The van der Waals surface area contributed by atoms with E-state index in [2.05, 4.69) is 63.4 Å². The summed E-state index contributed by atoms with van der Waals surface area (Å²) in [5.74, 6) is 0. The summed E-state index contributed by atoms with van der Waals surface area (Å²) in [5, 5.41) is 2.27. The van der Waals surface area contributed by atoms with Crippen molar-refractivity contribution in [2.24, 2.45) is 0 Å². The van der Waals surface area contributed by atoms with Crippen LogP contribution in [-0.2, 0) is 5.41 Å². The molecule has 0 unspecified atom stereocenters. The number of aryl methyl sites for hydroxylation is 2. The minimum absolute atomic E-state index is 0.199. The van der Waals surface area contributed by atoms with Crippen LogP contribution in [0.1, 0.15) is 48.3 Å². The SMILES string of the molecule is CCC(CC)(c1cccc(C)c1)c1cc(C)cs1. The van der Waals surface area contributed by atoms with Crippen LogP contribution in [0.25, 0.3) is 0 Å². The van der Waals surface area contributed by atoms with Gasteiger partial charge in [-0.25, -0.2) is 0 Å². The number of hydrogen-bond acceptors (Lipinski definition) is 1. The highest BCUT2D eigenvalue weighted by Gasteiger charge is 2.31. The van der Waals surface area contributed by atoms with Gasteiger partial charge in [-0.2, -0.15) is 0 Å². The molecule has 0 atom stereocenters. The van der Waals surface area contributed by atoms with Crippen molar-refractivity contribution >= 4 is 11.3 Å². The second-order valence-corrected chi connectivity index (χ2v) is 6.06. The molecule has 1 aromatic carbocycles. The Morgan fingerprint density at radius 2 is 1.72 bits per heavy atom. The minimum Gasteiger partial charge on any atom is -0.148 e. The van der Waals surface area contributed by atoms with Crippen molar-refractivity contribution in [3.05, 3.63) is 57.3 Å². The van der Waals surface area contributed by atoms with Gasteiger partial charge in [0.1, 0.15) is 0 Å². The molecule has 2 aromatic rings. The quantitative estimate of drug-likeness (QED) is 0.682. The van der Waals surface area contributed by atoms with Crippen LogP contribution < -0.4 is 0 Å². The predicted molar refractivity (Wildman–Crippen MR) is 81.6 cm³/mol. The van der Waals surface area contributed by atoms with Gasteiger partial charge in [0.05, 0.1) is 0 Å². The Morgan fingerprint density at radius 1 is 1.00 bits per heavy atom. The molecule has 0 aliphatic carbocycles. The van der Waals surface area contributed by atoms with Gasteiger partial charge < -0.3 is 0 Å². The van der Waals surface area contributed by atoms with Gasteiger partial charge >= 0.3 is 0 Å². The summed E-state index contributed by atoms with van der Waals surface area (Å²) >= 11 is 1.91. The van der Waals surface area contributed by atoms with Crippen molar-refractivity contribution in [2.45, 2.75) is 46.0 Å². The molecule has 0 radical (unpaired) electrons. The first kappa shape index (κ1) is 13.4. The topological polar surface area (TPSA) is 0 Å². The monoisotopic (exact) mass is 258 g/mol. The summed E-state index contributed by atoms with van der Waals surface area (Å²) < 4.78 is 0. The Morgan fingerprint density at radius 3 is 2.22 bits per heavy atom. The summed E-state index contributed by atoms with van der Waals surface area (Å²) in [7, 11) is 0. The zero-order valence-electron chi connectivity index (χ0n) is 11.8. The molecule has 0 nitrogen and oxygen atoms in total. The fourth-order valence-electron chi connectivity index (χ4n) is 2.77. The molecule has 0 aliphatic heterocycles. The normalized spacial score (nSPS) is 11.8. The Hall–Kier alpha value is -1.08. The largest absolute Gasteiger partial charge is 0.148 e. The third-order valence-electron chi connectivity index (χ3n) is 3.98. The summed E-state index contributed by atoms with van der Waals surface area (Å²) in [5.41, 5.74) is 4.40. The van der Waals surface area contributed by atoms with Crippen molar-refractivity contribution in [1.82, 2.24) is 0 Å². The molecule has 1 heterocycles. The van der Waals surface area contributed by atoms with E-state index < -0.39 is 0 Å². The molecule has 96 valence electrons.